The van der Waals surface area contributed by atoms with Crippen molar-refractivity contribution in [3.8, 4) is 0 Å². The van der Waals surface area contributed by atoms with Gasteiger partial charge in [-0.2, -0.15) is 0 Å². The maximum atomic E-state index is 0. The fourth-order valence-electron chi connectivity index (χ4n) is 0. The molecule has 1 nitrogen and oxygen atoms in total. The smallest absolute Gasteiger partial charge is 2.00 e. The van der Waals surface area contributed by atoms with Crippen molar-refractivity contribution in [2.75, 3.05) is 0 Å². The molecule has 0 saturated carbocycles. The van der Waals surface area contributed by atoms with Crippen LogP contribution >= 0.6 is 0 Å². The molecule has 0 aromatic heterocycles. The van der Waals surface area contributed by atoms with Gasteiger partial charge in [-0.15, -0.1) is 0 Å². The molecule has 0 unspecified atom stereocenters. The van der Waals surface area contributed by atoms with Crippen molar-refractivity contribution in [1.82, 2.24) is 0 Å². The Balaban J connectivity index is 0. The van der Waals surface area contributed by atoms with Crippen LogP contribution in [0.4, 0.5) is 0 Å². The number of hydrogen-bond donors (Lipinski definition) is 0. The molecule has 0 fully saturated rings. The number of hydrogen-bond acceptors (Lipinski definition) is 0. The Morgan fingerprint density at radius 3 is 1.00 bits per heavy atom. The van der Waals surface area contributed by atoms with E-state index < -0.39 is 0 Å². The molecule has 0 aliphatic rings. The van der Waals surface area contributed by atoms with Crippen LogP contribution in [-0.2, 0) is 5.48 Å². The average Bonchev–Trinajstić information content (AvgIpc) is 0. The zero-order chi connectivity index (χ0) is 0. The van der Waals surface area contributed by atoms with E-state index in [2.05, 4.69) is 0 Å². The van der Waals surface area contributed by atoms with Crippen molar-refractivity contribution in [1.29, 1.82) is 0 Å². The van der Waals surface area contributed by atoms with Crippen LogP contribution in [0.25, 0.3) is 0 Å². The predicted molar refractivity (Wildman–Crippen MR) is 6.44 cm³/mol. The molecule has 0 saturated heterocycles. The summed E-state index contributed by atoms with van der Waals surface area (Å²) < 4.78 is 0. The topological polar surface area (TPSA) is 28.5 Å². The third-order valence-electron chi connectivity index (χ3n) is 0. The van der Waals surface area contributed by atoms with Gasteiger partial charge >= 0.3 is 71.8 Å². The second-order valence-electron chi connectivity index (χ2n) is 0. The summed E-state index contributed by atoms with van der Waals surface area (Å²) in [5.41, 5.74) is 0. The van der Waals surface area contributed by atoms with Crippen LogP contribution in [0.5, 0.6) is 0 Å². The van der Waals surface area contributed by atoms with Crippen molar-refractivity contribution in [3.05, 3.63) is 0 Å². The molecule has 0 aromatic carbocycles. The molecule has 0 amide bonds. The Morgan fingerprint density at radius 2 is 1.00 bits per heavy atom. The van der Waals surface area contributed by atoms with Crippen LogP contribution in [0.3, 0.4) is 0 Å². The van der Waals surface area contributed by atoms with E-state index in [0.717, 1.165) is 0 Å². The van der Waals surface area contributed by atoms with Gasteiger partial charge in [-0.25, -0.2) is 0 Å². The second kappa shape index (κ2) is 18.6. The van der Waals surface area contributed by atoms with Crippen LogP contribution in [-0.4, -0.2) is 17.4 Å². The van der Waals surface area contributed by atoms with Gasteiger partial charge in [0.25, 0.3) is 0 Å². The van der Waals surface area contributed by atoms with Gasteiger partial charge in [0.2, 0.25) is 0 Å². The summed E-state index contributed by atoms with van der Waals surface area (Å²) in [5, 5.41) is 0. The quantitative estimate of drug-likeness (QED) is 0.354. The van der Waals surface area contributed by atoms with E-state index >= 15 is 0 Å². The average molecular weight is 189 g/mol. The van der Waals surface area contributed by atoms with Gasteiger partial charge in [-0.3, -0.25) is 0 Å². The van der Waals surface area contributed by atoms with Gasteiger partial charge in [0.05, 0.1) is 0 Å². The molecule has 0 bridgehead atoms. The molecular weight excluding hydrogens is 189 g/mol. The first-order valence-electron chi connectivity index (χ1n) is 0. The maximum Gasteiger partial charge on any atom is 3.00 e. The van der Waals surface area contributed by atoms with Crippen molar-refractivity contribution in [2.24, 2.45) is 0 Å². The van der Waals surface area contributed by atoms with E-state index in [9.17, 15) is 0 Å². The standard InChI is InChI=1S/Al.La.Li.O/q2*+3;+1;-2. The minimum absolute atomic E-state index is 0. The van der Waals surface area contributed by atoms with Gasteiger partial charge < -0.3 is 5.48 Å². The largest absolute Gasteiger partial charge is 3.00 e. The molecular formula is AlLaLiO+5. The van der Waals surface area contributed by atoms with E-state index in [1.165, 1.54) is 0 Å². The van der Waals surface area contributed by atoms with Crippen LogP contribution in [0, 0.1) is 35.6 Å². The predicted octanol–water partition coefficient (Wildman–Crippen LogP) is -3.50. The van der Waals surface area contributed by atoms with Crippen molar-refractivity contribution >= 4 is 17.4 Å². The fraction of sp³-hybridized carbons (Fsp3) is 0. The summed E-state index contributed by atoms with van der Waals surface area (Å²) in [6, 6.07) is 0. The van der Waals surface area contributed by atoms with Gasteiger partial charge in [-0.1, -0.05) is 0 Å². The summed E-state index contributed by atoms with van der Waals surface area (Å²) in [4.78, 5) is 0. The number of rotatable bonds is 0. The van der Waals surface area contributed by atoms with Gasteiger partial charge in [-0.05, 0) is 0 Å². The summed E-state index contributed by atoms with van der Waals surface area (Å²) in [7, 11) is 0. The normalized spacial score (nSPS) is 0. The zero-order valence-corrected chi connectivity index (χ0v) is 7.34. The molecule has 0 aromatic rings. The minimum Gasteiger partial charge on any atom is -2.00 e. The molecule has 0 aliphatic heterocycles. The Morgan fingerprint density at radius 1 is 1.00 bits per heavy atom. The first-order chi connectivity index (χ1) is 0. The summed E-state index contributed by atoms with van der Waals surface area (Å²) in [6.45, 7) is 0. The monoisotopic (exact) mass is 189 g/mol. The molecule has 0 aliphatic carbocycles. The zero-order valence-electron chi connectivity index (χ0n) is 2.56. The Labute approximate surface area is 76.1 Å². The van der Waals surface area contributed by atoms with Crippen LogP contribution in [0.15, 0.2) is 0 Å². The molecule has 0 radical (unpaired) electrons. The first kappa shape index (κ1) is 33.6. The molecule has 0 atom stereocenters. The molecule has 0 heterocycles. The molecule has 4 heteroatoms. The Bertz CT molecular complexity index is 8.00. The van der Waals surface area contributed by atoms with Crippen molar-refractivity contribution in [2.45, 2.75) is 0 Å². The molecule has 8 valence electrons. The molecule has 4 heavy (non-hydrogen) atoms. The first-order valence-corrected chi connectivity index (χ1v) is 0. The van der Waals surface area contributed by atoms with Crippen LogP contribution in [0.1, 0.15) is 0 Å². The summed E-state index contributed by atoms with van der Waals surface area (Å²) in [5.74, 6) is 0. The SMILES string of the molecule is [Al+3].[La+3].[Li+].[O-2]. The Kier molecular flexibility index (Phi) is 156. The van der Waals surface area contributed by atoms with Crippen LogP contribution < -0.4 is 18.9 Å². The summed E-state index contributed by atoms with van der Waals surface area (Å²) >= 11 is 0. The van der Waals surface area contributed by atoms with E-state index in [0.29, 0.717) is 0 Å². The van der Waals surface area contributed by atoms with Crippen molar-refractivity contribution in [3.63, 3.8) is 0 Å². The van der Waals surface area contributed by atoms with E-state index in [-0.39, 0.29) is 77.3 Å². The van der Waals surface area contributed by atoms with Crippen molar-refractivity contribution < 1.29 is 59.9 Å². The minimum atomic E-state index is 0. The molecule has 0 spiro atoms. The molecule has 0 N–H and O–H groups in total. The third kappa shape index (κ3) is 8.86. The Hall–Kier alpha value is 2.28. The van der Waals surface area contributed by atoms with Gasteiger partial charge in [0, 0.05) is 0 Å². The maximum absolute atomic E-state index is 0. The van der Waals surface area contributed by atoms with Crippen LogP contribution in [0.2, 0.25) is 0 Å². The fourth-order valence-corrected chi connectivity index (χ4v) is 0. The van der Waals surface area contributed by atoms with E-state index in [1.54, 1.807) is 0 Å². The van der Waals surface area contributed by atoms with Gasteiger partial charge in [0.15, 0.2) is 0 Å². The van der Waals surface area contributed by atoms with Gasteiger partial charge in [0.1, 0.15) is 0 Å². The van der Waals surface area contributed by atoms with E-state index in [4.69, 9.17) is 0 Å². The summed E-state index contributed by atoms with van der Waals surface area (Å²) in [6.07, 6.45) is 0. The third-order valence-corrected chi connectivity index (χ3v) is 0. The van der Waals surface area contributed by atoms with E-state index in [1.807, 2.05) is 0 Å². The second-order valence-corrected chi connectivity index (χ2v) is 0. The molecule has 0 rings (SSSR count).